The Balaban J connectivity index is 0.000000178. The zero-order valence-corrected chi connectivity index (χ0v) is 12.2. The smallest absolute Gasteiger partial charge is 0.0659 e. The molecule has 0 atom stereocenters. The van der Waals surface area contributed by atoms with E-state index in [9.17, 15) is 0 Å². The number of nitrogens with one attached hydrogen (secondary N) is 1. The van der Waals surface area contributed by atoms with Crippen LogP contribution in [0.25, 0.3) is 0 Å². The fourth-order valence-electron chi connectivity index (χ4n) is 1.73. The molecule has 0 saturated carbocycles. The Hall–Kier alpha value is -2.36. The van der Waals surface area contributed by atoms with E-state index in [0.29, 0.717) is 0 Å². The highest BCUT2D eigenvalue weighted by Gasteiger charge is 1.94. The minimum Gasteiger partial charge on any atom is -0.283 e. The molecule has 4 nitrogen and oxygen atoms in total. The average molecular weight is 268 g/mol. The van der Waals surface area contributed by atoms with Crippen molar-refractivity contribution in [3.63, 3.8) is 0 Å². The largest absolute Gasteiger partial charge is 0.283 e. The second-order valence-electron chi connectivity index (χ2n) is 4.82. The Morgan fingerprint density at radius 2 is 1.80 bits per heavy atom. The van der Waals surface area contributed by atoms with E-state index in [1.807, 2.05) is 62.1 Å². The Labute approximate surface area is 119 Å². The summed E-state index contributed by atoms with van der Waals surface area (Å²) in [6.45, 7) is 6.89. The van der Waals surface area contributed by atoms with E-state index < -0.39 is 0 Å². The molecule has 0 unspecified atom stereocenters. The highest BCUT2D eigenvalue weighted by molar-refractivity contribution is 5.15. The molecule has 1 N–H and O–H groups in total. The number of hydrogen-bond donors (Lipinski definition) is 1. The summed E-state index contributed by atoms with van der Waals surface area (Å²) in [5.41, 5.74) is 4.72. The van der Waals surface area contributed by atoms with Gasteiger partial charge in [-0.3, -0.25) is 9.78 Å². The highest BCUT2D eigenvalue weighted by atomic mass is 15.3. The molecular weight excluding hydrogens is 248 g/mol. The van der Waals surface area contributed by atoms with E-state index in [-0.39, 0.29) is 0 Å². The SMILES string of the molecule is Cc1ccn(Cc2ccccc2)n1.Cc1cn[nH]c1C. The van der Waals surface area contributed by atoms with Crippen LogP contribution in [0, 0.1) is 20.8 Å². The number of benzene rings is 1. The monoisotopic (exact) mass is 268 g/mol. The molecule has 3 rings (SSSR count). The summed E-state index contributed by atoms with van der Waals surface area (Å²) in [5.74, 6) is 0. The van der Waals surface area contributed by atoms with Crippen LogP contribution in [0.1, 0.15) is 22.5 Å². The van der Waals surface area contributed by atoms with Crippen LogP contribution in [0.5, 0.6) is 0 Å². The van der Waals surface area contributed by atoms with Gasteiger partial charge in [-0.1, -0.05) is 30.3 Å². The first kappa shape index (κ1) is 14.1. The predicted octanol–water partition coefficient (Wildman–Crippen LogP) is 3.27. The number of aromatic amines is 1. The normalized spacial score (nSPS) is 9.95. The van der Waals surface area contributed by atoms with Crippen molar-refractivity contribution < 1.29 is 0 Å². The van der Waals surface area contributed by atoms with Gasteiger partial charge in [0.05, 0.1) is 18.4 Å². The van der Waals surface area contributed by atoms with E-state index in [0.717, 1.165) is 17.9 Å². The van der Waals surface area contributed by atoms with Gasteiger partial charge in [0.15, 0.2) is 0 Å². The molecular formula is C16H20N4. The molecule has 4 heteroatoms. The van der Waals surface area contributed by atoms with Gasteiger partial charge in [0, 0.05) is 11.9 Å². The summed E-state index contributed by atoms with van der Waals surface area (Å²) in [6, 6.07) is 12.4. The fourth-order valence-corrected chi connectivity index (χ4v) is 1.73. The van der Waals surface area contributed by atoms with Gasteiger partial charge in [0.1, 0.15) is 0 Å². The summed E-state index contributed by atoms with van der Waals surface area (Å²) in [5, 5.41) is 10.9. The van der Waals surface area contributed by atoms with Gasteiger partial charge >= 0.3 is 0 Å². The lowest BCUT2D eigenvalue weighted by Gasteiger charge is -2.00. The number of nitrogens with zero attached hydrogens (tertiary/aromatic N) is 3. The van der Waals surface area contributed by atoms with Gasteiger partial charge in [-0.25, -0.2) is 0 Å². The highest BCUT2D eigenvalue weighted by Crippen LogP contribution is 2.02. The maximum atomic E-state index is 4.32. The van der Waals surface area contributed by atoms with E-state index in [1.165, 1.54) is 11.1 Å². The van der Waals surface area contributed by atoms with Crippen LogP contribution >= 0.6 is 0 Å². The molecule has 104 valence electrons. The maximum absolute atomic E-state index is 4.32. The molecule has 20 heavy (non-hydrogen) atoms. The van der Waals surface area contributed by atoms with Gasteiger partial charge in [-0.05, 0) is 38.0 Å². The van der Waals surface area contributed by atoms with Crippen molar-refractivity contribution in [3.8, 4) is 0 Å². The van der Waals surface area contributed by atoms with Crippen molar-refractivity contribution in [1.82, 2.24) is 20.0 Å². The van der Waals surface area contributed by atoms with Crippen LogP contribution in [-0.4, -0.2) is 20.0 Å². The molecule has 2 aromatic heterocycles. The summed E-state index contributed by atoms with van der Waals surface area (Å²) < 4.78 is 1.95. The van der Waals surface area contributed by atoms with Crippen LogP contribution < -0.4 is 0 Å². The number of aromatic nitrogens is 4. The van der Waals surface area contributed by atoms with Gasteiger partial charge in [-0.2, -0.15) is 10.2 Å². The molecule has 0 bridgehead atoms. The molecule has 0 amide bonds. The topological polar surface area (TPSA) is 46.5 Å². The molecule has 1 aromatic carbocycles. The number of H-pyrrole nitrogens is 1. The van der Waals surface area contributed by atoms with Crippen LogP contribution in [-0.2, 0) is 6.54 Å². The van der Waals surface area contributed by atoms with Gasteiger partial charge in [0.2, 0.25) is 0 Å². The average Bonchev–Trinajstić information content (AvgIpc) is 3.01. The molecule has 0 aliphatic rings. The summed E-state index contributed by atoms with van der Waals surface area (Å²) in [4.78, 5) is 0. The van der Waals surface area contributed by atoms with Crippen molar-refractivity contribution in [2.24, 2.45) is 0 Å². The third kappa shape index (κ3) is 4.09. The van der Waals surface area contributed by atoms with Crippen molar-refractivity contribution in [2.75, 3.05) is 0 Å². The van der Waals surface area contributed by atoms with Gasteiger partial charge in [0.25, 0.3) is 0 Å². The zero-order valence-electron chi connectivity index (χ0n) is 12.2. The van der Waals surface area contributed by atoms with Crippen molar-refractivity contribution in [3.05, 3.63) is 71.3 Å². The van der Waals surface area contributed by atoms with Gasteiger partial charge < -0.3 is 0 Å². The maximum Gasteiger partial charge on any atom is 0.0659 e. The van der Waals surface area contributed by atoms with Crippen LogP contribution in [0.2, 0.25) is 0 Å². The Bertz CT molecular complexity index is 621. The second-order valence-corrected chi connectivity index (χ2v) is 4.82. The lowest BCUT2D eigenvalue weighted by molar-refractivity contribution is 0.679. The Kier molecular flexibility index (Phi) is 4.71. The lowest BCUT2D eigenvalue weighted by atomic mass is 10.2. The summed E-state index contributed by atoms with van der Waals surface area (Å²) in [6.07, 6.45) is 3.82. The quantitative estimate of drug-likeness (QED) is 0.775. The Morgan fingerprint density at radius 1 is 1.05 bits per heavy atom. The number of rotatable bonds is 2. The standard InChI is InChI=1S/C11H12N2.C5H8N2/c1-10-7-8-13(12-10)9-11-5-3-2-4-6-11;1-4-3-6-7-5(4)2/h2-8H,9H2,1H3;3H,1-2H3,(H,6,7). The van der Waals surface area contributed by atoms with E-state index in [2.05, 4.69) is 27.4 Å². The molecule has 2 heterocycles. The first-order chi connectivity index (χ1) is 9.65. The first-order valence-electron chi connectivity index (χ1n) is 6.65. The molecule has 0 fully saturated rings. The second kappa shape index (κ2) is 6.70. The molecule has 0 aliphatic heterocycles. The third-order valence-corrected chi connectivity index (χ3v) is 3.04. The molecule has 0 spiro atoms. The summed E-state index contributed by atoms with van der Waals surface area (Å²) >= 11 is 0. The minimum absolute atomic E-state index is 0.856. The van der Waals surface area contributed by atoms with E-state index in [4.69, 9.17) is 0 Å². The lowest BCUT2D eigenvalue weighted by Crippen LogP contribution is -1.99. The van der Waals surface area contributed by atoms with E-state index in [1.54, 1.807) is 0 Å². The Morgan fingerprint density at radius 3 is 2.25 bits per heavy atom. The molecule has 0 radical (unpaired) electrons. The van der Waals surface area contributed by atoms with Crippen LogP contribution in [0.3, 0.4) is 0 Å². The number of aryl methyl sites for hydroxylation is 3. The molecule has 0 saturated heterocycles. The predicted molar refractivity (Wildman–Crippen MR) is 80.6 cm³/mol. The van der Waals surface area contributed by atoms with Crippen molar-refractivity contribution >= 4 is 0 Å². The van der Waals surface area contributed by atoms with Crippen molar-refractivity contribution in [2.45, 2.75) is 27.3 Å². The number of hydrogen-bond acceptors (Lipinski definition) is 2. The fraction of sp³-hybridized carbons (Fsp3) is 0.250. The first-order valence-corrected chi connectivity index (χ1v) is 6.65. The van der Waals surface area contributed by atoms with Crippen LogP contribution in [0.15, 0.2) is 48.8 Å². The third-order valence-electron chi connectivity index (χ3n) is 3.04. The summed E-state index contributed by atoms with van der Waals surface area (Å²) in [7, 11) is 0. The minimum atomic E-state index is 0.856. The van der Waals surface area contributed by atoms with Crippen LogP contribution in [0.4, 0.5) is 0 Å². The molecule has 0 aliphatic carbocycles. The van der Waals surface area contributed by atoms with Crippen molar-refractivity contribution in [1.29, 1.82) is 0 Å². The molecule has 3 aromatic rings. The zero-order chi connectivity index (χ0) is 14.4. The van der Waals surface area contributed by atoms with Gasteiger partial charge in [-0.15, -0.1) is 0 Å². The van der Waals surface area contributed by atoms with E-state index >= 15 is 0 Å².